The molecule has 0 aromatic heterocycles. The maximum Gasteiger partial charge on any atom is 0.338 e. The Hall–Kier alpha value is -2.82. The molecule has 0 fully saturated rings. The second kappa shape index (κ2) is 10.00. The van der Waals surface area contributed by atoms with Crippen LogP contribution in [0.2, 0.25) is 0 Å². The van der Waals surface area contributed by atoms with Crippen molar-refractivity contribution >= 4 is 17.6 Å². The molecular formula is C18H21NO4. The Kier molecular flexibility index (Phi) is 7.92. The van der Waals surface area contributed by atoms with Crippen molar-refractivity contribution in [2.24, 2.45) is 0 Å². The Morgan fingerprint density at radius 3 is 1.87 bits per heavy atom. The maximum atomic E-state index is 11.1. The Morgan fingerprint density at radius 2 is 1.35 bits per heavy atom. The zero-order valence-electron chi connectivity index (χ0n) is 13.3. The number of nitrogens with two attached hydrogens (primary N) is 1. The van der Waals surface area contributed by atoms with E-state index in [0.29, 0.717) is 30.0 Å². The van der Waals surface area contributed by atoms with Gasteiger partial charge in [-0.05, 0) is 44.2 Å². The smallest absolute Gasteiger partial charge is 0.338 e. The summed E-state index contributed by atoms with van der Waals surface area (Å²) in [4.78, 5) is 22.1. The molecule has 0 aliphatic heterocycles. The molecule has 0 saturated heterocycles. The van der Waals surface area contributed by atoms with Gasteiger partial charge in [0.05, 0.1) is 24.3 Å². The van der Waals surface area contributed by atoms with E-state index in [4.69, 9.17) is 15.2 Å². The van der Waals surface area contributed by atoms with Gasteiger partial charge >= 0.3 is 11.9 Å². The van der Waals surface area contributed by atoms with Gasteiger partial charge in [-0.25, -0.2) is 9.59 Å². The fourth-order valence-corrected chi connectivity index (χ4v) is 1.67. The van der Waals surface area contributed by atoms with E-state index in [-0.39, 0.29) is 11.9 Å². The van der Waals surface area contributed by atoms with Crippen LogP contribution in [0.3, 0.4) is 0 Å². The molecule has 0 saturated carbocycles. The highest BCUT2D eigenvalue weighted by atomic mass is 16.5. The molecule has 122 valence electrons. The fourth-order valence-electron chi connectivity index (χ4n) is 1.67. The van der Waals surface area contributed by atoms with Gasteiger partial charge in [0, 0.05) is 5.69 Å². The highest BCUT2D eigenvalue weighted by molar-refractivity contribution is 5.90. The van der Waals surface area contributed by atoms with Crippen LogP contribution in [0.1, 0.15) is 34.6 Å². The Labute approximate surface area is 136 Å². The van der Waals surface area contributed by atoms with Crippen molar-refractivity contribution in [3.8, 4) is 0 Å². The molecule has 2 N–H and O–H groups in total. The van der Waals surface area contributed by atoms with Crippen molar-refractivity contribution < 1.29 is 19.1 Å². The Balaban J connectivity index is 0.000000231. The quantitative estimate of drug-likeness (QED) is 0.691. The maximum absolute atomic E-state index is 11.1. The van der Waals surface area contributed by atoms with Gasteiger partial charge in [-0.3, -0.25) is 0 Å². The fraction of sp³-hybridized carbons (Fsp3) is 0.222. The van der Waals surface area contributed by atoms with Gasteiger partial charge in [0.25, 0.3) is 0 Å². The van der Waals surface area contributed by atoms with E-state index in [2.05, 4.69) is 0 Å². The number of rotatable bonds is 4. The molecule has 2 aromatic rings. The number of benzene rings is 2. The number of ether oxygens (including phenoxy) is 2. The number of hydrogen-bond donors (Lipinski definition) is 1. The number of anilines is 1. The number of carbonyl (C=O) groups is 2. The minimum absolute atomic E-state index is 0.256. The Bertz CT molecular complexity index is 626. The molecule has 5 nitrogen and oxygen atoms in total. The monoisotopic (exact) mass is 315 g/mol. The molecule has 0 aliphatic rings. The highest BCUT2D eigenvalue weighted by Gasteiger charge is 2.04. The van der Waals surface area contributed by atoms with Gasteiger partial charge in [0.1, 0.15) is 0 Å². The van der Waals surface area contributed by atoms with E-state index >= 15 is 0 Å². The molecule has 5 heteroatoms. The third-order valence-corrected chi connectivity index (χ3v) is 2.68. The number of nitrogen functional groups attached to an aromatic ring is 1. The predicted molar refractivity (Wildman–Crippen MR) is 89.2 cm³/mol. The van der Waals surface area contributed by atoms with Crippen LogP contribution >= 0.6 is 0 Å². The predicted octanol–water partition coefficient (Wildman–Crippen LogP) is 3.31. The minimum Gasteiger partial charge on any atom is -0.462 e. The number of carbonyl (C=O) groups excluding carboxylic acids is 2. The SMILES string of the molecule is CCOC(=O)c1cccc(N)c1.CCOC(=O)c1ccccc1. The topological polar surface area (TPSA) is 78.6 Å². The first-order valence-corrected chi connectivity index (χ1v) is 7.33. The lowest BCUT2D eigenvalue weighted by Crippen LogP contribution is -2.04. The second-order valence-corrected chi connectivity index (χ2v) is 4.43. The molecule has 23 heavy (non-hydrogen) atoms. The normalized spacial score (nSPS) is 9.30. The van der Waals surface area contributed by atoms with E-state index in [0.717, 1.165) is 0 Å². The summed E-state index contributed by atoms with van der Waals surface area (Å²) >= 11 is 0. The zero-order chi connectivity index (χ0) is 17.1. The van der Waals surface area contributed by atoms with Gasteiger partial charge in [0.15, 0.2) is 0 Å². The molecule has 0 spiro atoms. The van der Waals surface area contributed by atoms with Crippen LogP contribution in [-0.2, 0) is 9.47 Å². The lowest BCUT2D eigenvalue weighted by Gasteiger charge is -2.01. The standard InChI is InChI=1S/C9H11NO2.C9H10O2/c1-2-12-9(11)7-4-3-5-8(10)6-7;1-2-11-9(10)8-6-4-3-5-7-8/h3-6H,2,10H2,1H3;3-7H,2H2,1H3. The Morgan fingerprint density at radius 1 is 0.826 bits per heavy atom. The van der Waals surface area contributed by atoms with Gasteiger partial charge in [0.2, 0.25) is 0 Å². The van der Waals surface area contributed by atoms with E-state index in [1.54, 1.807) is 50.2 Å². The largest absolute Gasteiger partial charge is 0.462 e. The minimum atomic E-state index is -0.329. The van der Waals surface area contributed by atoms with E-state index < -0.39 is 0 Å². The van der Waals surface area contributed by atoms with Crippen molar-refractivity contribution in [3.63, 3.8) is 0 Å². The third-order valence-electron chi connectivity index (χ3n) is 2.68. The van der Waals surface area contributed by atoms with E-state index in [9.17, 15) is 9.59 Å². The summed E-state index contributed by atoms with van der Waals surface area (Å²) in [5.41, 5.74) is 7.16. The zero-order valence-corrected chi connectivity index (χ0v) is 13.3. The lowest BCUT2D eigenvalue weighted by atomic mass is 10.2. The first-order valence-electron chi connectivity index (χ1n) is 7.33. The molecular weight excluding hydrogens is 294 g/mol. The van der Waals surface area contributed by atoms with Crippen molar-refractivity contribution in [1.29, 1.82) is 0 Å². The summed E-state index contributed by atoms with van der Waals surface area (Å²) in [6.07, 6.45) is 0. The average molecular weight is 315 g/mol. The molecule has 0 unspecified atom stereocenters. The molecule has 0 atom stereocenters. The average Bonchev–Trinajstić information content (AvgIpc) is 2.57. The first kappa shape index (κ1) is 18.2. The summed E-state index contributed by atoms with van der Waals surface area (Å²) in [6, 6.07) is 15.7. The molecule has 2 rings (SSSR count). The second-order valence-electron chi connectivity index (χ2n) is 4.43. The third kappa shape index (κ3) is 6.65. The molecule has 0 amide bonds. The summed E-state index contributed by atoms with van der Waals surface area (Å²) in [7, 11) is 0. The summed E-state index contributed by atoms with van der Waals surface area (Å²) in [5, 5.41) is 0. The van der Waals surface area contributed by atoms with E-state index in [1.165, 1.54) is 0 Å². The van der Waals surface area contributed by atoms with Crippen molar-refractivity contribution in [2.45, 2.75) is 13.8 Å². The van der Waals surface area contributed by atoms with Crippen molar-refractivity contribution in [2.75, 3.05) is 18.9 Å². The van der Waals surface area contributed by atoms with Crippen LogP contribution in [0, 0.1) is 0 Å². The van der Waals surface area contributed by atoms with Crippen LogP contribution < -0.4 is 5.73 Å². The van der Waals surface area contributed by atoms with Crippen molar-refractivity contribution in [1.82, 2.24) is 0 Å². The summed E-state index contributed by atoms with van der Waals surface area (Å²) < 4.78 is 9.58. The van der Waals surface area contributed by atoms with Crippen LogP contribution in [0.25, 0.3) is 0 Å². The van der Waals surface area contributed by atoms with E-state index in [1.807, 2.05) is 18.2 Å². The molecule has 0 aliphatic carbocycles. The lowest BCUT2D eigenvalue weighted by molar-refractivity contribution is 0.0517. The molecule has 0 heterocycles. The molecule has 2 aromatic carbocycles. The van der Waals surface area contributed by atoms with Crippen molar-refractivity contribution in [3.05, 3.63) is 65.7 Å². The van der Waals surface area contributed by atoms with Gasteiger partial charge in [-0.1, -0.05) is 24.3 Å². The van der Waals surface area contributed by atoms with Crippen LogP contribution in [0.15, 0.2) is 54.6 Å². The summed E-state index contributed by atoms with van der Waals surface area (Å²) in [6.45, 7) is 4.37. The summed E-state index contributed by atoms with van der Waals surface area (Å²) in [5.74, 6) is -0.585. The molecule has 0 radical (unpaired) electrons. The van der Waals surface area contributed by atoms with Gasteiger partial charge < -0.3 is 15.2 Å². The van der Waals surface area contributed by atoms with Crippen LogP contribution in [0.4, 0.5) is 5.69 Å². The van der Waals surface area contributed by atoms with Crippen LogP contribution in [0.5, 0.6) is 0 Å². The highest BCUT2D eigenvalue weighted by Crippen LogP contribution is 2.07. The van der Waals surface area contributed by atoms with Gasteiger partial charge in [-0.2, -0.15) is 0 Å². The number of hydrogen-bond acceptors (Lipinski definition) is 5. The first-order chi connectivity index (χ1) is 11.1. The van der Waals surface area contributed by atoms with Crippen LogP contribution in [-0.4, -0.2) is 25.2 Å². The van der Waals surface area contributed by atoms with Gasteiger partial charge in [-0.15, -0.1) is 0 Å². The molecule has 0 bridgehead atoms. The number of esters is 2.